The Bertz CT molecular complexity index is 1160. The molecule has 6 heteroatoms. The van der Waals surface area contributed by atoms with Gasteiger partial charge in [0.25, 0.3) is 11.8 Å². The van der Waals surface area contributed by atoms with Gasteiger partial charge in [-0.25, -0.2) is 4.98 Å². The Morgan fingerprint density at radius 1 is 1.06 bits per heavy atom. The second kappa shape index (κ2) is 10.5. The molecule has 2 amide bonds. The largest absolute Gasteiger partial charge is 0.349 e. The lowest BCUT2D eigenvalue weighted by molar-refractivity contribution is -0.113. The average molecular weight is 445 g/mol. The number of hydrogen-bond acceptors (Lipinski definition) is 3. The standard InChI is InChI=1S/C27H32N4O2/c1-3-8-21(4-2)28-27(33)20-13-16-23-24(17-20)31-25(30-23)18-11-14-22(15-12-18)29-26(32)19-9-6-5-7-10-19/h9,11-17,21H,3-8,10H2,1-2H3,(H,28,33)(H,29,32)(H,30,31). The molecule has 3 aromatic rings. The van der Waals surface area contributed by atoms with E-state index < -0.39 is 0 Å². The van der Waals surface area contributed by atoms with Gasteiger partial charge in [0.2, 0.25) is 0 Å². The minimum Gasteiger partial charge on any atom is -0.349 e. The number of nitrogens with zero attached hydrogens (tertiary/aromatic N) is 1. The van der Waals surface area contributed by atoms with E-state index in [0.29, 0.717) is 5.56 Å². The highest BCUT2D eigenvalue weighted by Gasteiger charge is 2.15. The number of aromatic amines is 1. The van der Waals surface area contributed by atoms with Gasteiger partial charge in [-0.1, -0.05) is 26.3 Å². The number of rotatable bonds is 8. The maximum atomic E-state index is 12.7. The SMILES string of the molecule is CCCC(CC)NC(=O)c1ccc2nc(-c3ccc(NC(=O)C4=CCCCC4)cc3)[nH]c2c1. The fourth-order valence-electron chi connectivity index (χ4n) is 4.25. The molecule has 1 aliphatic rings. The summed E-state index contributed by atoms with van der Waals surface area (Å²) in [6.45, 7) is 4.22. The monoisotopic (exact) mass is 444 g/mol. The Hall–Kier alpha value is -3.41. The molecule has 0 spiro atoms. The molecule has 1 heterocycles. The molecule has 3 N–H and O–H groups in total. The molecular weight excluding hydrogens is 412 g/mol. The molecule has 0 aliphatic heterocycles. The Balaban J connectivity index is 1.46. The third kappa shape index (κ3) is 5.51. The van der Waals surface area contributed by atoms with Crippen molar-refractivity contribution in [3.63, 3.8) is 0 Å². The number of imidazole rings is 1. The van der Waals surface area contributed by atoms with Crippen molar-refractivity contribution < 1.29 is 9.59 Å². The number of allylic oxidation sites excluding steroid dienone is 1. The minimum atomic E-state index is -0.0541. The average Bonchev–Trinajstić information content (AvgIpc) is 3.28. The molecule has 0 fully saturated rings. The summed E-state index contributed by atoms with van der Waals surface area (Å²) in [5.74, 6) is 0.663. The van der Waals surface area contributed by atoms with Gasteiger partial charge < -0.3 is 15.6 Å². The Morgan fingerprint density at radius 2 is 1.88 bits per heavy atom. The summed E-state index contributed by atoms with van der Waals surface area (Å²) in [6, 6.07) is 13.4. The van der Waals surface area contributed by atoms with Crippen LogP contribution in [0, 0.1) is 0 Å². The molecular formula is C27H32N4O2. The van der Waals surface area contributed by atoms with Crippen LogP contribution in [0.4, 0.5) is 5.69 Å². The molecule has 4 rings (SSSR count). The smallest absolute Gasteiger partial charge is 0.251 e. The van der Waals surface area contributed by atoms with Crippen molar-refractivity contribution in [2.24, 2.45) is 0 Å². The van der Waals surface area contributed by atoms with Crippen molar-refractivity contribution in [3.8, 4) is 11.4 Å². The van der Waals surface area contributed by atoms with Gasteiger partial charge in [-0.3, -0.25) is 9.59 Å². The van der Waals surface area contributed by atoms with E-state index in [-0.39, 0.29) is 17.9 Å². The van der Waals surface area contributed by atoms with Gasteiger partial charge in [-0.15, -0.1) is 0 Å². The van der Waals surface area contributed by atoms with Gasteiger partial charge in [0.05, 0.1) is 11.0 Å². The number of fused-ring (bicyclic) bond motifs is 1. The van der Waals surface area contributed by atoms with E-state index in [0.717, 1.165) is 78.6 Å². The van der Waals surface area contributed by atoms with E-state index in [2.05, 4.69) is 34.4 Å². The van der Waals surface area contributed by atoms with Gasteiger partial charge >= 0.3 is 0 Å². The van der Waals surface area contributed by atoms with Crippen LogP contribution in [0.3, 0.4) is 0 Å². The maximum Gasteiger partial charge on any atom is 0.251 e. The van der Waals surface area contributed by atoms with Gasteiger partial charge in [0, 0.05) is 28.4 Å². The molecule has 1 atom stereocenters. The second-order valence-corrected chi connectivity index (χ2v) is 8.69. The second-order valence-electron chi connectivity index (χ2n) is 8.69. The highest BCUT2D eigenvalue weighted by atomic mass is 16.2. The number of nitrogens with one attached hydrogen (secondary N) is 3. The predicted octanol–water partition coefficient (Wildman–Crippen LogP) is 5.98. The van der Waals surface area contributed by atoms with Crippen molar-refractivity contribution in [3.05, 3.63) is 59.7 Å². The van der Waals surface area contributed by atoms with Crippen LogP contribution in [-0.2, 0) is 4.79 Å². The molecule has 1 aromatic heterocycles. The Kier molecular flexibility index (Phi) is 7.23. The number of carbonyl (C=O) groups excluding carboxylic acids is 2. The quantitative estimate of drug-likeness (QED) is 0.399. The number of carbonyl (C=O) groups is 2. The molecule has 0 saturated carbocycles. The van der Waals surface area contributed by atoms with Crippen molar-refractivity contribution >= 4 is 28.5 Å². The molecule has 6 nitrogen and oxygen atoms in total. The molecule has 0 radical (unpaired) electrons. The fraction of sp³-hybridized carbons (Fsp3) is 0.370. The number of H-pyrrole nitrogens is 1. The molecule has 33 heavy (non-hydrogen) atoms. The summed E-state index contributed by atoms with van der Waals surface area (Å²) in [6.07, 6.45) is 9.05. The zero-order chi connectivity index (χ0) is 23.2. The van der Waals surface area contributed by atoms with Crippen LogP contribution in [0.1, 0.15) is 69.2 Å². The van der Waals surface area contributed by atoms with Crippen molar-refractivity contribution in [2.45, 2.75) is 64.8 Å². The van der Waals surface area contributed by atoms with Crippen molar-refractivity contribution in [2.75, 3.05) is 5.32 Å². The predicted molar refractivity (Wildman–Crippen MR) is 133 cm³/mol. The third-order valence-corrected chi connectivity index (χ3v) is 6.21. The third-order valence-electron chi connectivity index (χ3n) is 6.21. The molecule has 172 valence electrons. The highest BCUT2D eigenvalue weighted by molar-refractivity contribution is 6.04. The number of benzene rings is 2. The van der Waals surface area contributed by atoms with Gasteiger partial charge in [0.15, 0.2) is 0 Å². The lowest BCUT2D eigenvalue weighted by Crippen LogP contribution is -2.34. The fourth-order valence-corrected chi connectivity index (χ4v) is 4.25. The zero-order valence-corrected chi connectivity index (χ0v) is 19.4. The normalized spacial score (nSPS) is 14.5. The van der Waals surface area contributed by atoms with E-state index >= 15 is 0 Å². The first-order valence-corrected chi connectivity index (χ1v) is 12.0. The van der Waals surface area contributed by atoms with Crippen molar-refractivity contribution in [1.82, 2.24) is 15.3 Å². The van der Waals surface area contributed by atoms with Crippen LogP contribution in [0.15, 0.2) is 54.1 Å². The van der Waals surface area contributed by atoms with Crippen LogP contribution in [-0.4, -0.2) is 27.8 Å². The van der Waals surface area contributed by atoms with Crippen LogP contribution in [0.2, 0.25) is 0 Å². The number of anilines is 1. The van der Waals surface area contributed by atoms with Crippen LogP contribution < -0.4 is 10.6 Å². The summed E-state index contributed by atoms with van der Waals surface area (Å²) in [5.41, 5.74) is 4.82. The van der Waals surface area contributed by atoms with Crippen molar-refractivity contribution in [1.29, 1.82) is 0 Å². The summed E-state index contributed by atoms with van der Waals surface area (Å²) in [5, 5.41) is 6.10. The van der Waals surface area contributed by atoms with Crippen LogP contribution >= 0.6 is 0 Å². The summed E-state index contributed by atoms with van der Waals surface area (Å²) in [7, 11) is 0. The molecule has 0 saturated heterocycles. The topological polar surface area (TPSA) is 86.9 Å². The van der Waals surface area contributed by atoms with Crippen LogP contribution in [0.5, 0.6) is 0 Å². The Labute approximate surface area is 194 Å². The molecule has 1 unspecified atom stereocenters. The van der Waals surface area contributed by atoms with E-state index in [1.807, 2.05) is 48.5 Å². The first-order valence-electron chi connectivity index (χ1n) is 12.0. The van der Waals surface area contributed by atoms with Gasteiger partial charge in [-0.2, -0.15) is 0 Å². The summed E-state index contributed by atoms with van der Waals surface area (Å²) in [4.78, 5) is 33.1. The number of aromatic nitrogens is 2. The first kappa shape index (κ1) is 22.8. The molecule has 1 aliphatic carbocycles. The van der Waals surface area contributed by atoms with E-state index in [4.69, 9.17) is 0 Å². The highest BCUT2D eigenvalue weighted by Crippen LogP contribution is 2.24. The lowest BCUT2D eigenvalue weighted by atomic mass is 9.99. The number of hydrogen-bond donors (Lipinski definition) is 3. The zero-order valence-electron chi connectivity index (χ0n) is 19.4. The van der Waals surface area contributed by atoms with Crippen LogP contribution in [0.25, 0.3) is 22.4 Å². The lowest BCUT2D eigenvalue weighted by Gasteiger charge is -2.15. The van der Waals surface area contributed by atoms with Gasteiger partial charge in [0.1, 0.15) is 5.82 Å². The van der Waals surface area contributed by atoms with E-state index in [9.17, 15) is 9.59 Å². The van der Waals surface area contributed by atoms with Gasteiger partial charge in [-0.05, 0) is 81.0 Å². The summed E-state index contributed by atoms with van der Waals surface area (Å²) >= 11 is 0. The first-order chi connectivity index (χ1) is 16.1. The summed E-state index contributed by atoms with van der Waals surface area (Å²) < 4.78 is 0. The molecule has 2 aromatic carbocycles. The molecule has 0 bridgehead atoms. The maximum absolute atomic E-state index is 12.7. The minimum absolute atomic E-state index is 0.0127. The van der Waals surface area contributed by atoms with E-state index in [1.165, 1.54) is 0 Å². The Morgan fingerprint density at radius 3 is 2.58 bits per heavy atom. The number of amides is 2. The van der Waals surface area contributed by atoms with E-state index in [1.54, 1.807) is 0 Å².